The van der Waals surface area contributed by atoms with Crippen LogP contribution in [0.1, 0.15) is 30.5 Å². The van der Waals surface area contributed by atoms with E-state index < -0.39 is 42.0 Å². The van der Waals surface area contributed by atoms with Crippen molar-refractivity contribution >= 4 is 17.9 Å². The molecule has 1 aliphatic heterocycles. The molecular weight excluding hydrogens is 526 g/mol. The third-order valence-corrected chi connectivity index (χ3v) is 7.83. The molecule has 0 aromatic heterocycles. The van der Waals surface area contributed by atoms with Crippen LogP contribution in [-0.4, -0.2) is 53.3 Å². The van der Waals surface area contributed by atoms with Crippen LogP contribution in [0.4, 0.5) is 4.79 Å². The molecule has 1 heterocycles. The van der Waals surface area contributed by atoms with Crippen molar-refractivity contribution in [2.45, 2.75) is 69.6 Å². The first-order chi connectivity index (χ1) is 19.5. The number of ether oxygens (including phenoxy) is 4. The molecule has 6 unspecified atom stereocenters. The number of carbonyl (C=O) groups is 1. The van der Waals surface area contributed by atoms with Crippen LogP contribution in [-0.2, 0) is 38.8 Å². The maximum absolute atomic E-state index is 11.8. The Labute approximate surface area is 241 Å². The van der Waals surface area contributed by atoms with E-state index in [0.29, 0.717) is 19.8 Å². The van der Waals surface area contributed by atoms with Crippen LogP contribution in [0.2, 0.25) is 0 Å². The van der Waals surface area contributed by atoms with E-state index in [2.05, 4.69) is 5.32 Å². The molecule has 7 nitrogen and oxygen atoms in total. The molecule has 4 rings (SSSR count). The fraction of sp³-hybridized carbons (Fsp3) is 0.406. The summed E-state index contributed by atoms with van der Waals surface area (Å²) in [4.78, 5) is 11.8. The van der Waals surface area contributed by atoms with Crippen molar-refractivity contribution in [2.75, 3.05) is 6.26 Å². The molecule has 2 N–H and O–H groups in total. The van der Waals surface area contributed by atoms with Gasteiger partial charge in [0.15, 0.2) is 0 Å². The molecule has 0 bridgehead atoms. The summed E-state index contributed by atoms with van der Waals surface area (Å²) in [5.74, 6) is -0.0528. The summed E-state index contributed by atoms with van der Waals surface area (Å²) in [5.41, 5.74) is 2.67. The Balaban J connectivity index is 1.68. The lowest BCUT2D eigenvalue weighted by atomic mass is 9.88. The van der Waals surface area contributed by atoms with E-state index in [1.807, 2.05) is 111 Å². The summed E-state index contributed by atoms with van der Waals surface area (Å²) >= 11 is 1.52. The van der Waals surface area contributed by atoms with Gasteiger partial charge in [-0.25, -0.2) is 4.79 Å². The molecule has 214 valence electrons. The highest BCUT2D eigenvalue weighted by atomic mass is 32.2. The number of hydrogen-bond acceptors (Lipinski definition) is 6. The predicted octanol–water partition coefficient (Wildman–Crippen LogP) is 6.12. The van der Waals surface area contributed by atoms with Gasteiger partial charge in [-0.05, 0) is 28.9 Å². The lowest BCUT2D eigenvalue weighted by Gasteiger charge is -2.48. The second-order valence-electron chi connectivity index (χ2n) is 10.2. The Bertz CT molecular complexity index is 1150. The molecule has 0 saturated carbocycles. The molecule has 8 heteroatoms. The van der Waals surface area contributed by atoms with Gasteiger partial charge in [-0.1, -0.05) is 105 Å². The standard InChI is InChI=1S/C32H39NO6S/c1-22(2)26(33-32(34)35)27-28(36-19-23-13-7-4-8-14-23)29(37-20-24-15-9-5-10-16-24)30(31(39-27)40-3)38-21-25-17-11-6-12-18-25/h4-18,22,26-31,33H,19-21H2,1-3H3,(H,34,35). The largest absolute Gasteiger partial charge is 0.465 e. The van der Waals surface area contributed by atoms with Crippen LogP contribution in [0.25, 0.3) is 0 Å². The monoisotopic (exact) mass is 565 g/mol. The summed E-state index contributed by atoms with van der Waals surface area (Å²) in [6.07, 6.45) is -1.33. The van der Waals surface area contributed by atoms with E-state index in [1.54, 1.807) is 0 Å². The summed E-state index contributed by atoms with van der Waals surface area (Å²) in [6.45, 7) is 5.01. The highest BCUT2D eigenvalue weighted by Crippen LogP contribution is 2.36. The average Bonchev–Trinajstić information content (AvgIpc) is 2.98. The van der Waals surface area contributed by atoms with Gasteiger partial charge in [0, 0.05) is 0 Å². The van der Waals surface area contributed by atoms with E-state index in [1.165, 1.54) is 11.8 Å². The SMILES string of the molecule is CSC1OC(C(NC(=O)O)C(C)C)C(OCc2ccccc2)C(OCc2ccccc2)C1OCc1ccccc1. The molecule has 3 aromatic rings. The smallest absolute Gasteiger partial charge is 0.404 e. The minimum absolute atomic E-state index is 0.0528. The molecule has 3 aromatic carbocycles. The molecule has 1 fully saturated rings. The molecule has 1 aliphatic rings. The summed E-state index contributed by atoms with van der Waals surface area (Å²) in [5, 5.41) is 12.4. The Kier molecular flexibility index (Phi) is 11.4. The normalized spacial score (nSPS) is 23.6. The second kappa shape index (κ2) is 15.2. The van der Waals surface area contributed by atoms with Gasteiger partial charge in [-0.3, -0.25) is 0 Å². The first-order valence-electron chi connectivity index (χ1n) is 13.6. The van der Waals surface area contributed by atoms with Crippen molar-refractivity contribution in [2.24, 2.45) is 5.92 Å². The zero-order valence-electron chi connectivity index (χ0n) is 23.2. The molecule has 6 atom stereocenters. The van der Waals surface area contributed by atoms with E-state index in [-0.39, 0.29) is 5.92 Å². The van der Waals surface area contributed by atoms with E-state index in [9.17, 15) is 9.90 Å². The number of carboxylic acid groups (broad SMARTS) is 1. The van der Waals surface area contributed by atoms with Crippen LogP contribution in [0.3, 0.4) is 0 Å². The fourth-order valence-electron chi connectivity index (χ4n) is 4.94. The van der Waals surface area contributed by atoms with Gasteiger partial charge in [-0.2, -0.15) is 0 Å². The molecule has 1 amide bonds. The number of thioether (sulfide) groups is 1. The van der Waals surface area contributed by atoms with Crippen molar-refractivity contribution in [3.05, 3.63) is 108 Å². The number of amides is 1. The van der Waals surface area contributed by atoms with Gasteiger partial charge in [0.1, 0.15) is 29.9 Å². The maximum atomic E-state index is 11.8. The minimum atomic E-state index is -1.10. The Morgan fingerprint density at radius 2 is 1.20 bits per heavy atom. The molecule has 1 saturated heterocycles. The zero-order valence-corrected chi connectivity index (χ0v) is 24.0. The van der Waals surface area contributed by atoms with Gasteiger partial charge in [0.2, 0.25) is 0 Å². The van der Waals surface area contributed by atoms with Crippen LogP contribution in [0.5, 0.6) is 0 Å². The average molecular weight is 566 g/mol. The first-order valence-corrected chi connectivity index (χ1v) is 14.9. The number of rotatable bonds is 13. The van der Waals surface area contributed by atoms with Crippen molar-refractivity contribution in [1.82, 2.24) is 5.32 Å². The lowest BCUT2D eigenvalue weighted by molar-refractivity contribution is -0.253. The highest BCUT2D eigenvalue weighted by Gasteiger charge is 2.51. The maximum Gasteiger partial charge on any atom is 0.404 e. The Morgan fingerprint density at radius 3 is 1.60 bits per heavy atom. The third kappa shape index (κ3) is 8.32. The number of hydrogen-bond donors (Lipinski definition) is 2. The van der Waals surface area contributed by atoms with Gasteiger partial charge in [0.05, 0.1) is 25.9 Å². The summed E-state index contributed by atoms with van der Waals surface area (Å²) < 4.78 is 26.4. The quantitative estimate of drug-likeness (QED) is 0.258. The van der Waals surface area contributed by atoms with Gasteiger partial charge < -0.3 is 29.4 Å². The van der Waals surface area contributed by atoms with Gasteiger partial charge in [-0.15, -0.1) is 11.8 Å². The van der Waals surface area contributed by atoms with Crippen molar-refractivity contribution < 1.29 is 28.8 Å². The fourth-order valence-corrected chi connectivity index (χ4v) is 5.68. The minimum Gasteiger partial charge on any atom is -0.465 e. The van der Waals surface area contributed by atoms with Crippen molar-refractivity contribution in [1.29, 1.82) is 0 Å². The molecular formula is C32H39NO6S. The van der Waals surface area contributed by atoms with Crippen LogP contribution in [0.15, 0.2) is 91.0 Å². The number of benzene rings is 3. The summed E-state index contributed by atoms with van der Waals surface area (Å²) in [6, 6.07) is 29.3. The first kappa shape index (κ1) is 30.1. The Hall–Kier alpha value is -2.88. The highest BCUT2D eigenvalue weighted by molar-refractivity contribution is 7.99. The zero-order chi connectivity index (χ0) is 28.3. The number of nitrogens with one attached hydrogen (secondary N) is 1. The lowest BCUT2D eigenvalue weighted by Crippen LogP contribution is -2.65. The predicted molar refractivity (Wildman–Crippen MR) is 157 cm³/mol. The molecule has 0 spiro atoms. The topological polar surface area (TPSA) is 86.3 Å². The van der Waals surface area contributed by atoms with Crippen molar-refractivity contribution in [3.63, 3.8) is 0 Å². The van der Waals surface area contributed by atoms with E-state index >= 15 is 0 Å². The van der Waals surface area contributed by atoms with Crippen LogP contribution in [0, 0.1) is 5.92 Å². The van der Waals surface area contributed by atoms with Gasteiger partial charge >= 0.3 is 6.09 Å². The molecule has 40 heavy (non-hydrogen) atoms. The van der Waals surface area contributed by atoms with E-state index in [0.717, 1.165) is 16.7 Å². The summed E-state index contributed by atoms with van der Waals surface area (Å²) in [7, 11) is 0. The Morgan fingerprint density at radius 1 is 0.775 bits per heavy atom. The van der Waals surface area contributed by atoms with Crippen molar-refractivity contribution in [3.8, 4) is 0 Å². The van der Waals surface area contributed by atoms with Gasteiger partial charge in [0.25, 0.3) is 0 Å². The van der Waals surface area contributed by atoms with E-state index in [4.69, 9.17) is 18.9 Å². The molecule has 0 radical (unpaired) electrons. The molecule has 0 aliphatic carbocycles. The second-order valence-corrected chi connectivity index (χ2v) is 11.1. The third-order valence-electron chi connectivity index (χ3n) is 6.98. The van der Waals surface area contributed by atoms with Crippen LogP contribution >= 0.6 is 11.8 Å². The van der Waals surface area contributed by atoms with Crippen LogP contribution < -0.4 is 5.32 Å².